The summed E-state index contributed by atoms with van der Waals surface area (Å²) in [6, 6.07) is 12.7. The highest BCUT2D eigenvalue weighted by atomic mass is 79.9. The van der Waals surface area contributed by atoms with E-state index in [1.807, 2.05) is 37.3 Å². The molecule has 0 radical (unpaired) electrons. The lowest BCUT2D eigenvalue weighted by atomic mass is 10.1. The molecule has 0 aliphatic heterocycles. The zero-order valence-corrected chi connectivity index (χ0v) is 12.9. The summed E-state index contributed by atoms with van der Waals surface area (Å²) in [7, 11) is 0. The lowest BCUT2D eigenvalue weighted by Crippen LogP contribution is -2.17. The van der Waals surface area contributed by atoms with Gasteiger partial charge in [-0.15, -0.1) is 0 Å². The van der Waals surface area contributed by atoms with Gasteiger partial charge in [0.25, 0.3) is 0 Å². The number of rotatable bonds is 5. The van der Waals surface area contributed by atoms with Crippen molar-refractivity contribution in [1.29, 1.82) is 0 Å². The van der Waals surface area contributed by atoms with E-state index in [0.29, 0.717) is 11.1 Å². The maximum atomic E-state index is 13.3. The van der Waals surface area contributed by atoms with Crippen LogP contribution in [0.4, 0.5) is 4.39 Å². The van der Waals surface area contributed by atoms with Crippen molar-refractivity contribution in [3.05, 3.63) is 63.9 Å². The fourth-order valence-corrected chi connectivity index (χ4v) is 2.51. The predicted molar refractivity (Wildman–Crippen MR) is 82.2 cm³/mol. The largest absolute Gasteiger partial charge is 0.489 e. The second-order valence-electron chi connectivity index (χ2n) is 4.90. The Morgan fingerprint density at radius 1 is 1.20 bits per heavy atom. The van der Waals surface area contributed by atoms with Crippen molar-refractivity contribution in [2.24, 2.45) is 5.73 Å². The second kappa shape index (κ2) is 6.86. The van der Waals surface area contributed by atoms with Crippen molar-refractivity contribution in [2.45, 2.75) is 26.0 Å². The summed E-state index contributed by atoms with van der Waals surface area (Å²) in [5.41, 5.74) is 7.71. The molecule has 2 nitrogen and oxygen atoms in total. The average Bonchev–Trinajstić information content (AvgIpc) is 2.35. The number of hydrogen-bond acceptors (Lipinski definition) is 2. The third-order valence-corrected chi connectivity index (χ3v) is 3.24. The molecule has 4 heteroatoms. The first-order valence-electron chi connectivity index (χ1n) is 6.45. The van der Waals surface area contributed by atoms with Gasteiger partial charge in [0, 0.05) is 10.5 Å². The molecule has 0 saturated heterocycles. The van der Waals surface area contributed by atoms with E-state index < -0.39 is 0 Å². The van der Waals surface area contributed by atoms with Gasteiger partial charge in [-0.25, -0.2) is 4.39 Å². The van der Waals surface area contributed by atoms with Crippen molar-refractivity contribution in [3.63, 3.8) is 0 Å². The summed E-state index contributed by atoms with van der Waals surface area (Å²) >= 11 is 3.27. The molecule has 2 aromatic rings. The molecule has 0 aliphatic carbocycles. The van der Waals surface area contributed by atoms with Gasteiger partial charge in [0.1, 0.15) is 18.2 Å². The summed E-state index contributed by atoms with van der Waals surface area (Å²) in [6.07, 6.45) is 0.808. The van der Waals surface area contributed by atoms with Gasteiger partial charge in [0.2, 0.25) is 0 Å². The average molecular weight is 338 g/mol. The molecular weight excluding hydrogens is 321 g/mol. The van der Waals surface area contributed by atoms with Crippen molar-refractivity contribution in [1.82, 2.24) is 0 Å². The van der Waals surface area contributed by atoms with Crippen LogP contribution in [0, 0.1) is 5.82 Å². The van der Waals surface area contributed by atoms with Crippen LogP contribution < -0.4 is 10.5 Å². The van der Waals surface area contributed by atoms with Gasteiger partial charge in [0.05, 0.1) is 0 Å². The van der Waals surface area contributed by atoms with E-state index in [1.165, 1.54) is 12.1 Å². The van der Waals surface area contributed by atoms with E-state index in [9.17, 15) is 4.39 Å². The molecule has 0 heterocycles. The summed E-state index contributed by atoms with van der Waals surface area (Å²) in [4.78, 5) is 0. The van der Waals surface area contributed by atoms with Crippen LogP contribution in [0.1, 0.15) is 18.1 Å². The van der Waals surface area contributed by atoms with Gasteiger partial charge >= 0.3 is 0 Å². The van der Waals surface area contributed by atoms with Crippen LogP contribution in [-0.2, 0) is 13.0 Å². The number of halogens is 2. The molecule has 0 saturated carbocycles. The molecule has 20 heavy (non-hydrogen) atoms. The lowest BCUT2D eigenvalue weighted by molar-refractivity contribution is 0.305. The molecule has 106 valence electrons. The zero-order chi connectivity index (χ0) is 14.5. The molecule has 0 spiro atoms. The van der Waals surface area contributed by atoms with E-state index in [0.717, 1.165) is 23.3 Å². The molecule has 0 amide bonds. The SMILES string of the molecule is CC(N)Cc1cccc(OCc2cc(F)cc(Br)c2)c1. The third kappa shape index (κ3) is 4.62. The van der Waals surface area contributed by atoms with E-state index in [2.05, 4.69) is 15.9 Å². The van der Waals surface area contributed by atoms with Gasteiger partial charge in [-0.3, -0.25) is 0 Å². The van der Waals surface area contributed by atoms with Gasteiger partial charge < -0.3 is 10.5 Å². The lowest BCUT2D eigenvalue weighted by Gasteiger charge is -2.10. The fraction of sp³-hybridized carbons (Fsp3) is 0.250. The maximum absolute atomic E-state index is 13.3. The van der Waals surface area contributed by atoms with Crippen molar-refractivity contribution in [2.75, 3.05) is 0 Å². The Balaban J connectivity index is 2.03. The van der Waals surface area contributed by atoms with Gasteiger partial charge in [0.15, 0.2) is 0 Å². The van der Waals surface area contributed by atoms with Crippen LogP contribution in [0.25, 0.3) is 0 Å². The third-order valence-electron chi connectivity index (χ3n) is 2.78. The van der Waals surface area contributed by atoms with Crippen LogP contribution in [0.2, 0.25) is 0 Å². The van der Waals surface area contributed by atoms with E-state index in [1.54, 1.807) is 0 Å². The Hall–Kier alpha value is -1.39. The zero-order valence-electron chi connectivity index (χ0n) is 11.3. The predicted octanol–water partition coefficient (Wildman–Crippen LogP) is 4.06. The minimum atomic E-state index is -0.274. The maximum Gasteiger partial charge on any atom is 0.124 e. The molecule has 2 aromatic carbocycles. The normalized spacial score (nSPS) is 12.2. The molecular formula is C16H17BrFNO. The van der Waals surface area contributed by atoms with Crippen molar-refractivity contribution in [3.8, 4) is 5.75 Å². The van der Waals surface area contributed by atoms with E-state index in [4.69, 9.17) is 10.5 Å². The Labute approximate surface area is 126 Å². The van der Waals surface area contributed by atoms with Crippen LogP contribution >= 0.6 is 15.9 Å². The highest BCUT2D eigenvalue weighted by Gasteiger charge is 2.03. The van der Waals surface area contributed by atoms with E-state index >= 15 is 0 Å². The summed E-state index contributed by atoms with van der Waals surface area (Å²) in [5.74, 6) is 0.493. The standard InChI is InChI=1S/C16H17BrFNO/c1-11(19)5-12-3-2-4-16(8-12)20-10-13-6-14(17)9-15(18)7-13/h2-4,6-9,11H,5,10,19H2,1H3. The topological polar surface area (TPSA) is 35.2 Å². The first kappa shape index (κ1) is 15.0. The molecule has 1 unspecified atom stereocenters. The minimum Gasteiger partial charge on any atom is -0.489 e. The first-order valence-corrected chi connectivity index (χ1v) is 7.24. The molecule has 0 bridgehead atoms. The quantitative estimate of drug-likeness (QED) is 0.892. The fourth-order valence-electron chi connectivity index (χ4n) is 1.99. The van der Waals surface area contributed by atoms with E-state index in [-0.39, 0.29) is 11.9 Å². The monoisotopic (exact) mass is 337 g/mol. The summed E-state index contributed by atoms with van der Waals surface area (Å²) in [6.45, 7) is 2.30. The molecule has 0 fully saturated rings. The molecule has 2 N–H and O–H groups in total. The van der Waals surface area contributed by atoms with Crippen molar-refractivity contribution < 1.29 is 9.13 Å². The Morgan fingerprint density at radius 3 is 2.70 bits per heavy atom. The summed E-state index contributed by atoms with van der Waals surface area (Å²) < 4.78 is 19.7. The Bertz CT molecular complexity index is 566. The molecule has 0 aromatic heterocycles. The van der Waals surface area contributed by atoms with Gasteiger partial charge in [-0.05, 0) is 54.8 Å². The van der Waals surface area contributed by atoms with Crippen LogP contribution in [0.15, 0.2) is 46.9 Å². The second-order valence-corrected chi connectivity index (χ2v) is 5.81. The van der Waals surface area contributed by atoms with Crippen LogP contribution in [0.3, 0.4) is 0 Å². The number of nitrogens with two attached hydrogens (primary N) is 1. The molecule has 0 aliphatic rings. The minimum absolute atomic E-state index is 0.115. The van der Waals surface area contributed by atoms with Crippen LogP contribution in [0.5, 0.6) is 5.75 Å². The number of ether oxygens (including phenoxy) is 1. The van der Waals surface area contributed by atoms with Crippen molar-refractivity contribution >= 4 is 15.9 Å². The Morgan fingerprint density at radius 2 is 2.00 bits per heavy atom. The highest BCUT2D eigenvalue weighted by Crippen LogP contribution is 2.19. The Kier molecular flexibility index (Phi) is 5.15. The van der Waals surface area contributed by atoms with Crippen LogP contribution in [-0.4, -0.2) is 6.04 Å². The molecule has 2 rings (SSSR count). The summed E-state index contributed by atoms with van der Waals surface area (Å²) in [5, 5.41) is 0. The first-order chi connectivity index (χ1) is 9.52. The molecule has 1 atom stereocenters. The smallest absolute Gasteiger partial charge is 0.124 e. The number of hydrogen-bond donors (Lipinski definition) is 1. The number of benzene rings is 2. The van der Waals surface area contributed by atoms with Gasteiger partial charge in [-0.2, -0.15) is 0 Å². The van der Waals surface area contributed by atoms with Gasteiger partial charge in [-0.1, -0.05) is 28.1 Å². The highest BCUT2D eigenvalue weighted by molar-refractivity contribution is 9.10.